The molecule has 2 aromatic carbocycles. The first-order valence-electron chi connectivity index (χ1n) is 14.0. The van der Waals surface area contributed by atoms with Gasteiger partial charge in [0.15, 0.2) is 0 Å². The molecule has 0 saturated heterocycles. The van der Waals surface area contributed by atoms with Crippen molar-refractivity contribution >= 4 is 29.8 Å². The van der Waals surface area contributed by atoms with Crippen molar-refractivity contribution in [3.8, 4) is 0 Å². The molecule has 0 aliphatic rings. The summed E-state index contributed by atoms with van der Waals surface area (Å²) in [6.07, 6.45) is 0. The van der Waals surface area contributed by atoms with Crippen LogP contribution in [0.25, 0.3) is 0 Å². The molecule has 8 nitrogen and oxygen atoms in total. The summed E-state index contributed by atoms with van der Waals surface area (Å²) in [5.74, 6) is 14.4. The number of halogens is 1. The van der Waals surface area contributed by atoms with Crippen molar-refractivity contribution in [2.75, 3.05) is 0 Å². The number of hydrogen-bond donors (Lipinski definition) is 4. The quantitative estimate of drug-likeness (QED) is 0.119. The smallest absolute Gasteiger partial charge is 0.261 e. The number of nitrogens with one attached hydrogen (secondary N) is 1. The molecule has 0 bridgehead atoms. The number of hydrogen-bond acceptors (Lipinski definition) is 7. The van der Waals surface area contributed by atoms with Gasteiger partial charge in [-0.2, -0.15) is 4.83 Å². The van der Waals surface area contributed by atoms with E-state index < -0.39 is 19.1 Å². The van der Waals surface area contributed by atoms with E-state index in [4.69, 9.17) is 16.5 Å². The van der Waals surface area contributed by atoms with Gasteiger partial charge in [0, 0.05) is 24.9 Å². The molecule has 2 rings (SSSR count). The van der Waals surface area contributed by atoms with E-state index in [0.717, 1.165) is 33.4 Å². The second-order valence-corrected chi connectivity index (χ2v) is 16.2. The van der Waals surface area contributed by atoms with Gasteiger partial charge in [0.05, 0.1) is 9.79 Å². The molecule has 0 heterocycles. The van der Waals surface area contributed by atoms with Crippen molar-refractivity contribution in [3.05, 3.63) is 57.6 Å². The van der Waals surface area contributed by atoms with Gasteiger partial charge < -0.3 is 0 Å². The number of nitrogens with two attached hydrogens (primary N) is 3. The molecule has 41 heavy (non-hydrogen) atoms. The highest BCUT2D eigenvalue weighted by Gasteiger charge is 2.27. The SMILES string of the molecule is CC(C)c1cc(C(C)C)c(S(=O)(=O)Cl)c(C(C)C)c1.CC(C)c1cc(C(C)C)c(S(=O)(=O)NN)c(C(C)C)c1.NN.[HH].[HH].[HH].[HH].[HH].[HH].[HH].[HH].[HH].[HH]. The van der Waals surface area contributed by atoms with Gasteiger partial charge in [0.1, 0.15) is 0 Å². The number of rotatable bonds is 9. The minimum atomic E-state index is -3.72. The van der Waals surface area contributed by atoms with Gasteiger partial charge in [-0.25, -0.2) is 16.8 Å². The van der Waals surface area contributed by atoms with Gasteiger partial charge in [0.25, 0.3) is 19.1 Å². The minimum absolute atomic E-state index is 0. The highest BCUT2D eigenvalue weighted by atomic mass is 35.7. The summed E-state index contributed by atoms with van der Waals surface area (Å²) < 4.78 is 48.5. The fraction of sp³-hybridized carbons (Fsp3) is 0.600. The standard InChI is InChI=1S/C15H23ClO2S.C15H26N2O2S.H4N2.10H2/c1-9(2)12-7-13(10(3)4)15(19(16,17)18)14(8-12)11(5)6;1-9(2)12-7-13(10(3)4)15(20(18,19)17-16)14(8-12)11(5)6;1-2;;;;;;;;;;/h7-11H,1-6H3;7-11,17H,16H2,1-6H3;1-2H2;10*1H. The van der Waals surface area contributed by atoms with Crippen LogP contribution < -0.4 is 22.4 Å². The zero-order valence-electron chi connectivity index (χ0n) is 26.8. The monoisotopic (exact) mass is 652 g/mol. The normalized spacial score (nSPS) is 12.2. The van der Waals surface area contributed by atoms with Crippen LogP contribution in [-0.4, -0.2) is 16.8 Å². The Morgan fingerprint density at radius 2 is 0.805 bits per heavy atom. The molecular weight excluding hydrogens is 580 g/mol. The molecule has 11 heteroatoms. The van der Waals surface area contributed by atoms with Crippen LogP contribution in [0, 0.1) is 0 Å². The van der Waals surface area contributed by atoms with Gasteiger partial charge in [-0.1, -0.05) is 107 Å². The highest BCUT2D eigenvalue weighted by molar-refractivity contribution is 8.13. The van der Waals surface area contributed by atoms with Crippen LogP contribution >= 0.6 is 10.7 Å². The summed E-state index contributed by atoms with van der Waals surface area (Å²) in [5, 5.41) is 0. The van der Waals surface area contributed by atoms with E-state index in [1.807, 2.05) is 84.5 Å². The number of benzene rings is 2. The second kappa shape index (κ2) is 16.4. The maximum atomic E-state index is 12.3. The molecule has 0 unspecified atom stereocenters. The Bertz CT molecular complexity index is 1330. The lowest BCUT2D eigenvalue weighted by atomic mass is 9.89. The summed E-state index contributed by atoms with van der Waals surface area (Å²) in [7, 11) is -1.73. The van der Waals surface area contributed by atoms with Gasteiger partial charge in [0.2, 0.25) is 0 Å². The van der Waals surface area contributed by atoms with Crippen molar-refractivity contribution in [3.63, 3.8) is 0 Å². The van der Waals surface area contributed by atoms with Crippen molar-refractivity contribution in [1.29, 1.82) is 0 Å². The molecule has 7 N–H and O–H groups in total. The van der Waals surface area contributed by atoms with E-state index in [0.29, 0.717) is 21.6 Å². The Labute approximate surface area is 269 Å². The van der Waals surface area contributed by atoms with Crippen LogP contribution in [0.5, 0.6) is 0 Å². The molecule has 0 amide bonds. The lowest BCUT2D eigenvalue weighted by Crippen LogP contribution is -2.32. The summed E-state index contributed by atoms with van der Waals surface area (Å²) in [6.45, 7) is 24.4. The van der Waals surface area contributed by atoms with Gasteiger partial charge >= 0.3 is 0 Å². The third kappa shape index (κ3) is 10.6. The predicted molar refractivity (Wildman–Crippen MR) is 194 cm³/mol. The molecule has 2 aromatic rings. The second-order valence-electron chi connectivity index (χ2n) is 12.0. The largest absolute Gasteiger partial charge is 0.274 e. The van der Waals surface area contributed by atoms with E-state index in [2.05, 4.69) is 39.4 Å². The zero-order chi connectivity index (χ0) is 32.6. The Hall–Kier alpha value is -1.53. The van der Waals surface area contributed by atoms with E-state index in [9.17, 15) is 16.8 Å². The van der Waals surface area contributed by atoms with E-state index in [-0.39, 0.29) is 37.9 Å². The molecule has 0 aliphatic heterocycles. The van der Waals surface area contributed by atoms with Crippen molar-refractivity contribution in [2.24, 2.45) is 17.5 Å². The molecule has 0 saturated carbocycles. The average Bonchev–Trinajstić information content (AvgIpc) is 2.87. The van der Waals surface area contributed by atoms with E-state index >= 15 is 0 Å². The van der Waals surface area contributed by atoms with Crippen molar-refractivity contribution in [1.82, 2.24) is 4.83 Å². The van der Waals surface area contributed by atoms with E-state index in [1.165, 1.54) is 0 Å². The van der Waals surface area contributed by atoms with Crippen LogP contribution in [-0.2, 0) is 19.1 Å². The molecule has 0 spiro atoms. The fourth-order valence-electron chi connectivity index (χ4n) is 4.43. The Kier molecular flexibility index (Phi) is 15.7. The summed E-state index contributed by atoms with van der Waals surface area (Å²) in [5.41, 5.74) is 5.63. The first-order chi connectivity index (χ1) is 18.7. The van der Waals surface area contributed by atoms with Gasteiger partial charge in [-0.05, 0) is 68.9 Å². The minimum Gasteiger partial charge on any atom is -0.274 e. The molecule has 0 atom stereocenters. The van der Waals surface area contributed by atoms with Crippen LogP contribution in [0.1, 0.15) is 166 Å². The number of sulfonamides is 1. The third-order valence-corrected chi connectivity index (χ3v) is 9.57. The molecule has 0 aliphatic carbocycles. The Balaban J connectivity index is -0.0000000560. The van der Waals surface area contributed by atoms with Gasteiger partial charge in [-0.15, -0.1) is 0 Å². The van der Waals surface area contributed by atoms with Gasteiger partial charge in [-0.3, -0.25) is 17.5 Å². The lowest BCUT2D eigenvalue weighted by Gasteiger charge is -2.22. The topological polar surface area (TPSA) is 158 Å². The van der Waals surface area contributed by atoms with Crippen LogP contribution in [0.2, 0.25) is 0 Å². The fourth-order valence-corrected chi connectivity index (χ4v) is 7.44. The first kappa shape index (κ1) is 39.5. The maximum absolute atomic E-state index is 12.3. The van der Waals surface area contributed by atoms with Crippen LogP contribution in [0.15, 0.2) is 34.1 Å². The molecule has 0 fully saturated rings. The van der Waals surface area contributed by atoms with Crippen molar-refractivity contribution < 1.29 is 31.1 Å². The molecule has 0 radical (unpaired) electrons. The first-order valence-corrected chi connectivity index (χ1v) is 17.8. The highest BCUT2D eigenvalue weighted by Crippen LogP contribution is 2.37. The average molecular weight is 654 g/mol. The lowest BCUT2D eigenvalue weighted by molar-refractivity contribution is 0.578. The van der Waals surface area contributed by atoms with Crippen molar-refractivity contribution in [2.45, 2.75) is 128 Å². The van der Waals surface area contributed by atoms with E-state index in [1.54, 1.807) is 0 Å². The number of hydrazine groups is 2. The van der Waals surface area contributed by atoms with Crippen LogP contribution in [0.3, 0.4) is 0 Å². The predicted octanol–water partition coefficient (Wildman–Crippen LogP) is 9.47. The Morgan fingerprint density at radius 3 is 0.976 bits per heavy atom. The van der Waals surface area contributed by atoms with Crippen LogP contribution in [0.4, 0.5) is 0 Å². The Morgan fingerprint density at radius 1 is 0.561 bits per heavy atom. The molecule has 0 aromatic heterocycles. The maximum Gasteiger partial charge on any atom is 0.261 e. The summed E-state index contributed by atoms with van der Waals surface area (Å²) in [4.78, 5) is 2.62. The third-order valence-electron chi connectivity index (χ3n) is 6.83. The summed E-state index contributed by atoms with van der Waals surface area (Å²) >= 11 is 0. The molecular formula is C30H73ClN4O4S2. The zero-order valence-corrected chi connectivity index (χ0v) is 29.2. The summed E-state index contributed by atoms with van der Waals surface area (Å²) in [6, 6.07) is 7.95. The molecule has 256 valence electrons.